The van der Waals surface area contributed by atoms with Crippen molar-refractivity contribution in [2.45, 2.75) is 6.42 Å². The molecule has 0 spiro atoms. The third-order valence-electron chi connectivity index (χ3n) is 2.27. The Balaban J connectivity index is 2.19. The normalized spacial score (nSPS) is 11.3. The Morgan fingerprint density at radius 2 is 2.26 bits per heavy atom. The van der Waals surface area contributed by atoms with Crippen LogP contribution in [-0.2, 0) is 4.79 Å². The second kappa shape index (κ2) is 6.01. The molecule has 0 aliphatic heterocycles. The summed E-state index contributed by atoms with van der Waals surface area (Å²) in [6.07, 6.45) is -0.00442. The van der Waals surface area contributed by atoms with Crippen LogP contribution in [0.1, 0.15) is 12.0 Å². The molecule has 0 saturated heterocycles. The lowest BCUT2D eigenvalue weighted by atomic mass is 10.1. The largest absolute Gasteiger partial charge is 0.508 e. The van der Waals surface area contributed by atoms with Gasteiger partial charge in [0.05, 0.1) is 12.1 Å². The molecule has 3 N–H and O–H groups in total. The molecule has 1 aromatic carbocycles. The lowest BCUT2D eigenvalue weighted by Gasteiger charge is -2.03. The standard InChI is InChI=1S/C13H12N2O3S/c14-13(17)7-12(9-4-5-19-8-9)15-18-11-3-1-2-10(16)6-11/h1-6,8,16H,7H2,(H2,14,17)/b15-12+. The van der Waals surface area contributed by atoms with E-state index in [0.717, 1.165) is 5.56 Å². The molecule has 98 valence electrons. The average molecular weight is 276 g/mol. The van der Waals surface area contributed by atoms with Crippen LogP contribution in [0, 0.1) is 0 Å². The van der Waals surface area contributed by atoms with Crippen molar-refractivity contribution in [3.8, 4) is 11.5 Å². The summed E-state index contributed by atoms with van der Waals surface area (Å²) in [6, 6.07) is 8.08. The summed E-state index contributed by atoms with van der Waals surface area (Å²) in [4.78, 5) is 16.2. The molecule has 0 saturated carbocycles. The quantitative estimate of drug-likeness (QED) is 0.648. The van der Waals surface area contributed by atoms with Crippen LogP contribution in [0.3, 0.4) is 0 Å². The zero-order valence-electron chi connectivity index (χ0n) is 9.95. The van der Waals surface area contributed by atoms with E-state index in [0.29, 0.717) is 11.5 Å². The summed E-state index contributed by atoms with van der Waals surface area (Å²) in [5.41, 5.74) is 6.43. The summed E-state index contributed by atoms with van der Waals surface area (Å²) >= 11 is 1.49. The monoisotopic (exact) mass is 276 g/mol. The second-order valence-corrected chi connectivity index (χ2v) is 4.56. The summed E-state index contributed by atoms with van der Waals surface area (Å²) in [5, 5.41) is 17.0. The first-order valence-corrected chi connectivity index (χ1v) is 6.43. The number of oxime groups is 1. The first-order valence-electron chi connectivity index (χ1n) is 5.49. The highest BCUT2D eigenvalue weighted by molar-refractivity contribution is 7.08. The SMILES string of the molecule is NC(=O)C/C(=N\Oc1cccc(O)c1)c1ccsc1. The Labute approximate surface area is 113 Å². The van der Waals surface area contributed by atoms with Crippen molar-refractivity contribution < 1.29 is 14.7 Å². The number of thiophene rings is 1. The van der Waals surface area contributed by atoms with Gasteiger partial charge in [0.1, 0.15) is 5.75 Å². The fraction of sp³-hybridized carbons (Fsp3) is 0.0769. The Morgan fingerprint density at radius 1 is 1.42 bits per heavy atom. The van der Waals surface area contributed by atoms with Crippen LogP contribution in [0.2, 0.25) is 0 Å². The number of nitrogens with zero attached hydrogens (tertiary/aromatic N) is 1. The molecular weight excluding hydrogens is 264 g/mol. The first kappa shape index (κ1) is 13.1. The van der Waals surface area contributed by atoms with E-state index in [1.165, 1.54) is 23.5 Å². The number of primary amides is 1. The third kappa shape index (κ3) is 3.82. The highest BCUT2D eigenvalue weighted by Crippen LogP contribution is 2.18. The molecule has 1 amide bonds. The molecule has 0 aliphatic rings. The van der Waals surface area contributed by atoms with Crippen LogP contribution < -0.4 is 10.6 Å². The molecular formula is C13H12N2O3S. The molecule has 0 bridgehead atoms. The fourth-order valence-electron chi connectivity index (χ4n) is 1.43. The summed E-state index contributed by atoms with van der Waals surface area (Å²) in [7, 11) is 0. The fourth-order valence-corrected chi connectivity index (χ4v) is 2.09. The van der Waals surface area contributed by atoms with Crippen molar-refractivity contribution in [1.82, 2.24) is 0 Å². The van der Waals surface area contributed by atoms with E-state index in [1.807, 2.05) is 16.8 Å². The van der Waals surface area contributed by atoms with Crippen LogP contribution in [0.25, 0.3) is 0 Å². The molecule has 0 fully saturated rings. The number of phenols is 1. The van der Waals surface area contributed by atoms with Crippen LogP contribution in [0.4, 0.5) is 0 Å². The summed E-state index contributed by atoms with van der Waals surface area (Å²) in [6.45, 7) is 0. The number of amides is 1. The molecule has 2 aromatic rings. The minimum absolute atomic E-state index is 0.00442. The van der Waals surface area contributed by atoms with Gasteiger partial charge in [0.15, 0.2) is 5.75 Å². The average Bonchev–Trinajstić information content (AvgIpc) is 2.88. The van der Waals surface area contributed by atoms with E-state index in [1.54, 1.807) is 12.1 Å². The van der Waals surface area contributed by atoms with Gasteiger partial charge in [-0.25, -0.2) is 0 Å². The molecule has 2 rings (SSSR count). The maximum Gasteiger partial charge on any atom is 0.223 e. The van der Waals surface area contributed by atoms with Gasteiger partial charge in [-0.15, -0.1) is 0 Å². The third-order valence-corrected chi connectivity index (χ3v) is 2.96. The number of carbonyl (C=O) groups is 1. The first-order chi connectivity index (χ1) is 9.15. The molecule has 0 aliphatic carbocycles. The zero-order chi connectivity index (χ0) is 13.7. The Morgan fingerprint density at radius 3 is 2.89 bits per heavy atom. The van der Waals surface area contributed by atoms with Crippen LogP contribution in [0.15, 0.2) is 46.2 Å². The predicted molar refractivity (Wildman–Crippen MR) is 73.4 cm³/mol. The number of hydrogen-bond donors (Lipinski definition) is 2. The number of carbonyl (C=O) groups excluding carboxylic acids is 1. The van der Waals surface area contributed by atoms with Gasteiger partial charge in [-0.05, 0) is 29.0 Å². The van der Waals surface area contributed by atoms with Gasteiger partial charge in [-0.3, -0.25) is 4.79 Å². The number of benzene rings is 1. The number of aromatic hydroxyl groups is 1. The van der Waals surface area contributed by atoms with Crippen molar-refractivity contribution in [1.29, 1.82) is 0 Å². The van der Waals surface area contributed by atoms with Gasteiger partial charge < -0.3 is 15.7 Å². The van der Waals surface area contributed by atoms with Crippen molar-refractivity contribution in [2.75, 3.05) is 0 Å². The number of hydrogen-bond acceptors (Lipinski definition) is 5. The zero-order valence-corrected chi connectivity index (χ0v) is 10.8. The van der Waals surface area contributed by atoms with Crippen LogP contribution >= 0.6 is 11.3 Å². The highest BCUT2D eigenvalue weighted by atomic mass is 32.1. The van der Waals surface area contributed by atoms with Gasteiger partial charge >= 0.3 is 0 Å². The van der Waals surface area contributed by atoms with Crippen molar-refractivity contribution in [3.63, 3.8) is 0 Å². The van der Waals surface area contributed by atoms with Gasteiger partial charge in [0.2, 0.25) is 5.91 Å². The Hall–Kier alpha value is -2.34. The van der Waals surface area contributed by atoms with E-state index in [-0.39, 0.29) is 12.2 Å². The Bertz CT molecular complexity index is 594. The molecule has 19 heavy (non-hydrogen) atoms. The van der Waals surface area contributed by atoms with Crippen molar-refractivity contribution in [3.05, 3.63) is 46.7 Å². The maximum atomic E-state index is 11.0. The smallest absolute Gasteiger partial charge is 0.223 e. The highest BCUT2D eigenvalue weighted by Gasteiger charge is 2.09. The van der Waals surface area contributed by atoms with Gasteiger partial charge in [-0.1, -0.05) is 11.2 Å². The maximum absolute atomic E-state index is 11.0. The molecule has 1 heterocycles. The van der Waals surface area contributed by atoms with E-state index in [4.69, 9.17) is 10.6 Å². The summed E-state index contributed by atoms with van der Waals surface area (Å²) in [5.74, 6) is -0.0126. The van der Waals surface area contributed by atoms with E-state index < -0.39 is 5.91 Å². The van der Waals surface area contributed by atoms with E-state index >= 15 is 0 Å². The van der Waals surface area contributed by atoms with E-state index in [9.17, 15) is 9.90 Å². The van der Waals surface area contributed by atoms with Gasteiger partial charge in [0, 0.05) is 11.6 Å². The number of phenolic OH excluding ortho intramolecular Hbond substituents is 1. The van der Waals surface area contributed by atoms with Crippen LogP contribution in [0.5, 0.6) is 11.5 Å². The van der Waals surface area contributed by atoms with Crippen molar-refractivity contribution >= 4 is 23.0 Å². The number of nitrogens with two attached hydrogens (primary N) is 1. The minimum Gasteiger partial charge on any atom is -0.508 e. The predicted octanol–water partition coefficient (Wildman–Crippen LogP) is 2.11. The lowest BCUT2D eigenvalue weighted by molar-refractivity contribution is -0.116. The molecule has 5 nitrogen and oxygen atoms in total. The van der Waals surface area contributed by atoms with Crippen molar-refractivity contribution in [2.24, 2.45) is 10.9 Å². The molecule has 1 aromatic heterocycles. The molecule has 6 heteroatoms. The Kier molecular flexibility index (Phi) is 4.15. The lowest BCUT2D eigenvalue weighted by Crippen LogP contribution is -2.17. The van der Waals surface area contributed by atoms with Gasteiger partial charge in [0.25, 0.3) is 0 Å². The van der Waals surface area contributed by atoms with Crippen LogP contribution in [-0.4, -0.2) is 16.7 Å². The minimum atomic E-state index is -0.482. The van der Waals surface area contributed by atoms with Gasteiger partial charge in [-0.2, -0.15) is 11.3 Å². The second-order valence-electron chi connectivity index (χ2n) is 3.78. The molecule has 0 radical (unpaired) electrons. The topological polar surface area (TPSA) is 84.9 Å². The number of rotatable bonds is 5. The summed E-state index contributed by atoms with van der Waals surface area (Å²) < 4.78 is 0. The van der Waals surface area contributed by atoms with E-state index in [2.05, 4.69) is 5.16 Å². The molecule has 0 atom stereocenters. The molecule has 0 unspecified atom stereocenters.